The number of aliphatic hydroxyl groups excluding tert-OH is 1. The molecule has 1 aliphatic carbocycles. The zero-order valence-electron chi connectivity index (χ0n) is 13.6. The topological polar surface area (TPSA) is 86.3 Å². The first-order chi connectivity index (χ1) is 10.9. The molecule has 0 aromatic carbocycles. The molecule has 130 valence electrons. The van der Waals surface area contributed by atoms with Crippen molar-refractivity contribution in [2.75, 3.05) is 0 Å². The Kier molecular flexibility index (Phi) is 3.70. The number of carbonyl (C=O) groups is 1. The van der Waals surface area contributed by atoms with Crippen LogP contribution < -0.4 is 5.32 Å². The van der Waals surface area contributed by atoms with E-state index in [1.807, 2.05) is 13.8 Å². The quantitative estimate of drug-likeness (QED) is 0.780. The van der Waals surface area contributed by atoms with Gasteiger partial charge in [-0.1, -0.05) is 19.3 Å². The number of hydrogen-bond donors (Lipinski definition) is 2. The van der Waals surface area contributed by atoms with Crippen LogP contribution in [-0.2, 0) is 23.7 Å². The number of carbonyl (C=O) groups excluding carboxylic acids is 1. The zero-order valence-corrected chi connectivity index (χ0v) is 13.6. The molecular formula is C16H25NO6. The Balaban J connectivity index is 1.50. The average molecular weight is 327 g/mol. The lowest BCUT2D eigenvalue weighted by Gasteiger charge is -2.36. The lowest BCUT2D eigenvalue weighted by Crippen LogP contribution is -2.57. The van der Waals surface area contributed by atoms with Crippen molar-refractivity contribution in [1.29, 1.82) is 0 Å². The maximum atomic E-state index is 12.8. The van der Waals surface area contributed by atoms with Gasteiger partial charge in [0, 0.05) is 12.5 Å². The fraction of sp³-hybridized carbons (Fsp3) is 0.938. The highest BCUT2D eigenvalue weighted by Gasteiger charge is 2.65. The first-order valence-corrected chi connectivity index (χ1v) is 8.59. The highest BCUT2D eigenvalue weighted by atomic mass is 16.8. The van der Waals surface area contributed by atoms with Gasteiger partial charge in [0.1, 0.15) is 12.2 Å². The molecule has 5 atom stereocenters. The van der Waals surface area contributed by atoms with Gasteiger partial charge in [-0.15, -0.1) is 0 Å². The first kappa shape index (κ1) is 15.8. The maximum Gasteiger partial charge on any atom is 0.280 e. The van der Waals surface area contributed by atoms with E-state index in [4.69, 9.17) is 18.9 Å². The van der Waals surface area contributed by atoms with Crippen molar-refractivity contribution in [2.24, 2.45) is 0 Å². The standard InChI is InChI=1S/C16H25NO6/c1-15(2)20-10-8-16(14(19)17-9-6-4-3-5-7-9)22-12(11(10)21-15)13(18)23-16/h9-13,18H,3-8H2,1-2H3,(H,17,19)/t10-,11-,12+,13+,16+/m1/s1. The minimum absolute atomic E-state index is 0.156. The highest BCUT2D eigenvalue weighted by molar-refractivity contribution is 5.84. The van der Waals surface area contributed by atoms with Crippen LogP contribution in [0.4, 0.5) is 0 Å². The predicted molar refractivity (Wildman–Crippen MR) is 78.2 cm³/mol. The molecule has 0 aromatic heterocycles. The van der Waals surface area contributed by atoms with Crippen LogP contribution in [0.5, 0.6) is 0 Å². The summed E-state index contributed by atoms with van der Waals surface area (Å²) < 4.78 is 23.0. The van der Waals surface area contributed by atoms with E-state index in [2.05, 4.69) is 5.32 Å². The van der Waals surface area contributed by atoms with Gasteiger partial charge in [0.05, 0.1) is 6.10 Å². The number of ether oxygens (including phenoxy) is 4. The average Bonchev–Trinajstić information content (AvgIpc) is 2.95. The molecule has 7 heteroatoms. The Hall–Kier alpha value is -0.730. The molecule has 4 rings (SSSR count). The van der Waals surface area contributed by atoms with E-state index >= 15 is 0 Å². The van der Waals surface area contributed by atoms with E-state index in [1.165, 1.54) is 6.42 Å². The summed E-state index contributed by atoms with van der Waals surface area (Å²) in [6.07, 6.45) is 3.03. The molecule has 2 bridgehead atoms. The number of fused-ring (bicyclic) bond motifs is 4. The highest BCUT2D eigenvalue weighted by Crippen LogP contribution is 2.47. The van der Waals surface area contributed by atoms with Crippen molar-refractivity contribution < 1.29 is 28.8 Å². The largest absolute Gasteiger partial charge is 0.366 e. The molecular weight excluding hydrogens is 302 g/mol. The van der Waals surface area contributed by atoms with Gasteiger partial charge in [0.15, 0.2) is 12.1 Å². The van der Waals surface area contributed by atoms with E-state index in [0.717, 1.165) is 25.7 Å². The van der Waals surface area contributed by atoms with Crippen molar-refractivity contribution in [3.8, 4) is 0 Å². The zero-order chi connectivity index (χ0) is 16.2. The number of amides is 1. The Morgan fingerprint density at radius 3 is 2.52 bits per heavy atom. The molecule has 2 N–H and O–H groups in total. The lowest BCUT2D eigenvalue weighted by atomic mass is 9.93. The van der Waals surface area contributed by atoms with Gasteiger partial charge in [-0.25, -0.2) is 0 Å². The van der Waals surface area contributed by atoms with Crippen LogP contribution in [0.15, 0.2) is 0 Å². The van der Waals surface area contributed by atoms with Crippen LogP contribution in [0, 0.1) is 0 Å². The molecule has 0 aromatic rings. The normalized spacial score (nSPS) is 45.7. The van der Waals surface area contributed by atoms with E-state index < -0.39 is 30.1 Å². The van der Waals surface area contributed by atoms with Crippen molar-refractivity contribution in [3.63, 3.8) is 0 Å². The molecule has 3 heterocycles. The van der Waals surface area contributed by atoms with Crippen LogP contribution in [0.25, 0.3) is 0 Å². The smallest absolute Gasteiger partial charge is 0.280 e. The van der Waals surface area contributed by atoms with E-state index in [0.29, 0.717) is 0 Å². The van der Waals surface area contributed by atoms with Gasteiger partial charge in [0.25, 0.3) is 11.7 Å². The van der Waals surface area contributed by atoms with E-state index in [1.54, 1.807) is 0 Å². The van der Waals surface area contributed by atoms with Crippen molar-refractivity contribution in [3.05, 3.63) is 0 Å². The van der Waals surface area contributed by atoms with Crippen LogP contribution >= 0.6 is 0 Å². The second kappa shape index (κ2) is 5.39. The summed E-state index contributed by atoms with van der Waals surface area (Å²) in [7, 11) is 0. The number of nitrogens with one attached hydrogen (secondary N) is 1. The molecule has 7 nitrogen and oxygen atoms in total. The Morgan fingerprint density at radius 2 is 1.78 bits per heavy atom. The molecule has 23 heavy (non-hydrogen) atoms. The lowest BCUT2D eigenvalue weighted by molar-refractivity contribution is -0.225. The summed E-state index contributed by atoms with van der Waals surface area (Å²) in [5, 5.41) is 13.2. The summed E-state index contributed by atoms with van der Waals surface area (Å²) in [4.78, 5) is 12.8. The van der Waals surface area contributed by atoms with E-state index in [-0.39, 0.29) is 24.5 Å². The van der Waals surface area contributed by atoms with Crippen LogP contribution in [0.2, 0.25) is 0 Å². The Morgan fingerprint density at radius 1 is 1.04 bits per heavy atom. The van der Waals surface area contributed by atoms with Crippen LogP contribution in [0.3, 0.4) is 0 Å². The molecule has 0 spiro atoms. The third-order valence-electron chi connectivity index (χ3n) is 5.22. The fourth-order valence-electron chi connectivity index (χ4n) is 4.20. The SMILES string of the molecule is CC1(C)O[C@H]2[C@@H]3O[C@@](C(=O)NC4CCCCC4)(C[C@H]2O1)O[C@@H]3O. The molecule has 3 saturated heterocycles. The van der Waals surface area contributed by atoms with Gasteiger partial charge < -0.3 is 29.4 Å². The summed E-state index contributed by atoms with van der Waals surface area (Å²) in [6.45, 7) is 3.64. The third-order valence-corrected chi connectivity index (χ3v) is 5.22. The maximum absolute atomic E-state index is 12.8. The molecule has 4 aliphatic rings. The van der Waals surface area contributed by atoms with Crippen molar-refractivity contribution in [2.45, 2.75) is 94.6 Å². The van der Waals surface area contributed by atoms with Crippen molar-refractivity contribution >= 4 is 5.91 Å². The van der Waals surface area contributed by atoms with Gasteiger partial charge in [0.2, 0.25) is 0 Å². The second-order valence-electron chi connectivity index (χ2n) is 7.49. The third kappa shape index (κ3) is 2.68. The summed E-state index contributed by atoms with van der Waals surface area (Å²) in [5.74, 6) is -2.52. The fourth-order valence-corrected chi connectivity index (χ4v) is 4.20. The van der Waals surface area contributed by atoms with Gasteiger partial charge in [-0.2, -0.15) is 0 Å². The monoisotopic (exact) mass is 327 g/mol. The molecule has 3 aliphatic heterocycles. The Bertz CT molecular complexity index is 491. The predicted octanol–water partition coefficient (Wildman–Crippen LogP) is 0.789. The van der Waals surface area contributed by atoms with Crippen LogP contribution in [0.1, 0.15) is 52.4 Å². The van der Waals surface area contributed by atoms with Crippen molar-refractivity contribution in [1.82, 2.24) is 5.32 Å². The molecule has 0 radical (unpaired) electrons. The Labute approximate surface area is 135 Å². The summed E-state index contributed by atoms with van der Waals surface area (Å²) >= 11 is 0. The minimum atomic E-state index is -1.47. The van der Waals surface area contributed by atoms with E-state index in [9.17, 15) is 9.90 Å². The van der Waals surface area contributed by atoms with Gasteiger partial charge in [-0.05, 0) is 26.7 Å². The number of aliphatic hydroxyl groups is 1. The second-order valence-corrected chi connectivity index (χ2v) is 7.49. The summed E-state index contributed by atoms with van der Waals surface area (Å²) in [5.41, 5.74) is 0. The molecule has 1 amide bonds. The van der Waals surface area contributed by atoms with Gasteiger partial charge >= 0.3 is 0 Å². The number of hydrogen-bond acceptors (Lipinski definition) is 6. The van der Waals surface area contributed by atoms with Gasteiger partial charge in [-0.3, -0.25) is 4.79 Å². The minimum Gasteiger partial charge on any atom is -0.366 e. The summed E-state index contributed by atoms with van der Waals surface area (Å²) in [6, 6.07) is 0.156. The molecule has 1 saturated carbocycles. The molecule has 0 unspecified atom stereocenters. The molecule has 4 fully saturated rings. The first-order valence-electron chi connectivity index (χ1n) is 8.59. The van der Waals surface area contributed by atoms with Crippen LogP contribution in [-0.4, -0.2) is 53.2 Å². The number of rotatable bonds is 2.